The number of aromatic nitrogens is 1. The highest BCUT2D eigenvalue weighted by molar-refractivity contribution is 5.93. The summed E-state index contributed by atoms with van der Waals surface area (Å²) in [7, 11) is 1.77. The second-order valence-corrected chi connectivity index (χ2v) is 5.95. The zero-order chi connectivity index (χ0) is 16.7. The lowest BCUT2D eigenvalue weighted by molar-refractivity contribution is 0.0704. The molecule has 2 aromatic rings. The first-order chi connectivity index (χ1) is 10.9. The highest BCUT2D eigenvalue weighted by Gasteiger charge is 2.38. The third-order valence-electron chi connectivity index (χ3n) is 4.45. The lowest BCUT2D eigenvalue weighted by atomic mass is 10.0. The van der Waals surface area contributed by atoms with Crippen molar-refractivity contribution in [1.82, 2.24) is 9.47 Å². The summed E-state index contributed by atoms with van der Waals surface area (Å²) in [6, 6.07) is 6.01. The Balaban J connectivity index is 1.98. The van der Waals surface area contributed by atoms with Crippen molar-refractivity contribution in [2.45, 2.75) is 25.5 Å². The van der Waals surface area contributed by atoms with Crippen LogP contribution in [0.5, 0.6) is 0 Å². The Bertz CT molecular complexity index is 757. The number of hydrogen-bond donors (Lipinski definition) is 1. The minimum absolute atomic E-state index is 0.0980. The average Bonchev–Trinajstić information content (AvgIpc) is 3.05. The quantitative estimate of drug-likeness (QED) is 0.924. The minimum atomic E-state index is -0.756. The number of nitrogens with zero attached hydrogens (tertiary/aromatic N) is 2. The molecule has 122 valence electrons. The predicted molar refractivity (Wildman–Crippen MR) is 80.9 cm³/mol. The summed E-state index contributed by atoms with van der Waals surface area (Å²) in [5, 5.41) is 9.94. The zero-order valence-corrected chi connectivity index (χ0v) is 13.0. The molecule has 1 aliphatic rings. The number of β-amino-alcohol motifs (C(OH)–C–C–N with tert-alkyl or cyclic N) is 1. The summed E-state index contributed by atoms with van der Waals surface area (Å²) >= 11 is 0. The molecule has 2 heterocycles. The average molecular weight is 320 g/mol. The SMILES string of the molecule is Cc1ccc(C(=O)N2CC(O)CC2c2cc(F)ccc2F)n1C. The van der Waals surface area contributed by atoms with E-state index in [1.807, 2.05) is 13.0 Å². The molecule has 6 heteroatoms. The molecule has 1 aromatic carbocycles. The summed E-state index contributed by atoms with van der Waals surface area (Å²) in [6.07, 6.45) is -0.566. The fourth-order valence-electron chi connectivity index (χ4n) is 3.08. The molecule has 0 bridgehead atoms. The number of aryl methyl sites for hydroxylation is 1. The van der Waals surface area contributed by atoms with E-state index in [9.17, 15) is 18.7 Å². The highest BCUT2D eigenvalue weighted by Crippen LogP contribution is 2.35. The monoisotopic (exact) mass is 320 g/mol. The maximum absolute atomic E-state index is 14.1. The number of aliphatic hydroxyl groups excluding tert-OH is 1. The number of hydrogen-bond acceptors (Lipinski definition) is 2. The third kappa shape index (κ3) is 2.74. The van der Waals surface area contributed by atoms with Crippen molar-refractivity contribution in [1.29, 1.82) is 0 Å². The molecule has 0 aliphatic carbocycles. The van der Waals surface area contributed by atoms with Crippen molar-refractivity contribution in [3.05, 3.63) is 58.9 Å². The second-order valence-electron chi connectivity index (χ2n) is 5.95. The molecule has 0 saturated carbocycles. The van der Waals surface area contributed by atoms with Crippen molar-refractivity contribution < 1.29 is 18.7 Å². The topological polar surface area (TPSA) is 45.5 Å². The molecule has 4 nitrogen and oxygen atoms in total. The van der Waals surface area contributed by atoms with E-state index in [4.69, 9.17) is 0 Å². The van der Waals surface area contributed by atoms with Gasteiger partial charge in [-0.15, -0.1) is 0 Å². The Kier molecular flexibility index (Phi) is 3.93. The van der Waals surface area contributed by atoms with Gasteiger partial charge in [0.05, 0.1) is 12.1 Å². The molecule has 2 unspecified atom stereocenters. The van der Waals surface area contributed by atoms with Crippen LogP contribution in [0.4, 0.5) is 8.78 Å². The van der Waals surface area contributed by atoms with Gasteiger partial charge in [-0.05, 0) is 43.7 Å². The van der Waals surface area contributed by atoms with Gasteiger partial charge in [-0.25, -0.2) is 8.78 Å². The Morgan fingerprint density at radius 1 is 1.26 bits per heavy atom. The van der Waals surface area contributed by atoms with Gasteiger partial charge in [0, 0.05) is 24.8 Å². The van der Waals surface area contributed by atoms with Crippen molar-refractivity contribution in [3.8, 4) is 0 Å². The lowest BCUT2D eigenvalue weighted by Gasteiger charge is -2.25. The van der Waals surface area contributed by atoms with Crippen LogP contribution < -0.4 is 0 Å². The Labute approximate surface area is 133 Å². The first kappa shape index (κ1) is 15.7. The smallest absolute Gasteiger partial charge is 0.271 e. The van der Waals surface area contributed by atoms with Gasteiger partial charge in [-0.3, -0.25) is 4.79 Å². The van der Waals surface area contributed by atoms with Gasteiger partial charge in [-0.2, -0.15) is 0 Å². The van der Waals surface area contributed by atoms with Crippen LogP contribution in [0.1, 0.15) is 34.2 Å². The molecule has 3 rings (SSSR count). The maximum atomic E-state index is 14.1. The van der Waals surface area contributed by atoms with Gasteiger partial charge in [-0.1, -0.05) is 0 Å². The van der Waals surface area contributed by atoms with Crippen LogP contribution in [0.2, 0.25) is 0 Å². The number of carbonyl (C=O) groups excluding carboxylic acids is 1. The summed E-state index contributed by atoms with van der Waals surface area (Å²) in [4.78, 5) is 14.2. The van der Waals surface area contributed by atoms with Gasteiger partial charge >= 0.3 is 0 Å². The van der Waals surface area contributed by atoms with Crippen molar-refractivity contribution in [3.63, 3.8) is 0 Å². The summed E-state index contributed by atoms with van der Waals surface area (Å²) in [5.41, 5.74) is 1.47. The maximum Gasteiger partial charge on any atom is 0.271 e. The first-order valence-corrected chi connectivity index (χ1v) is 7.44. The Morgan fingerprint density at radius 2 is 2.00 bits per heavy atom. The van der Waals surface area contributed by atoms with Crippen molar-refractivity contribution in [2.24, 2.45) is 7.05 Å². The highest BCUT2D eigenvalue weighted by atomic mass is 19.1. The van der Waals surface area contributed by atoms with Crippen LogP contribution in [-0.2, 0) is 7.05 Å². The van der Waals surface area contributed by atoms with Crippen LogP contribution in [-0.4, -0.2) is 33.1 Å². The largest absolute Gasteiger partial charge is 0.391 e. The van der Waals surface area contributed by atoms with Gasteiger partial charge in [0.2, 0.25) is 0 Å². The molecule has 1 fully saturated rings. The Morgan fingerprint density at radius 3 is 2.65 bits per heavy atom. The van der Waals surface area contributed by atoms with E-state index in [1.54, 1.807) is 17.7 Å². The van der Waals surface area contributed by atoms with E-state index in [2.05, 4.69) is 0 Å². The molecule has 0 radical (unpaired) electrons. The number of amides is 1. The number of benzene rings is 1. The van der Waals surface area contributed by atoms with Crippen molar-refractivity contribution in [2.75, 3.05) is 6.54 Å². The van der Waals surface area contributed by atoms with Crippen LogP contribution >= 0.6 is 0 Å². The van der Waals surface area contributed by atoms with Crippen LogP contribution in [0.15, 0.2) is 30.3 Å². The lowest BCUT2D eigenvalue weighted by Crippen LogP contribution is -2.33. The number of aliphatic hydroxyl groups is 1. The molecular formula is C17H18F2N2O2. The zero-order valence-electron chi connectivity index (χ0n) is 13.0. The number of likely N-dealkylation sites (tertiary alicyclic amines) is 1. The van der Waals surface area contributed by atoms with Crippen LogP contribution in [0.3, 0.4) is 0 Å². The van der Waals surface area contributed by atoms with Crippen LogP contribution in [0.25, 0.3) is 0 Å². The third-order valence-corrected chi connectivity index (χ3v) is 4.45. The molecule has 1 N–H and O–H groups in total. The predicted octanol–water partition coefficient (Wildman–Crippen LogP) is 2.56. The molecule has 0 spiro atoms. The van der Waals surface area contributed by atoms with Crippen LogP contribution in [0, 0.1) is 18.6 Å². The second kappa shape index (κ2) is 5.77. The molecule has 2 atom stereocenters. The number of carbonyl (C=O) groups is 1. The van der Waals surface area contributed by atoms with Crippen molar-refractivity contribution >= 4 is 5.91 Å². The van der Waals surface area contributed by atoms with Gasteiger partial charge in [0.25, 0.3) is 5.91 Å². The van der Waals surface area contributed by atoms with E-state index in [0.717, 1.165) is 23.9 Å². The minimum Gasteiger partial charge on any atom is -0.391 e. The molecular weight excluding hydrogens is 302 g/mol. The number of halogens is 2. The molecule has 1 aromatic heterocycles. The van der Waals surface area contributed by atoms with E-state index < -0.39 is 23.8 Å². The molecule has 23 heavy (non-hydrogen) atoms. The fourth-order valence-corrected chi connectivity index (χ4v) is 3.08. The van der Waals surface area contributed by atoms with Gasteiger partial charge < -0.3 is 14.6 Å². The normalized spacial score (nSPS) is 21.0. The Hall–Kier alpha value is -2.21. The van der Waals surface area contributed by atoms with E-state index in [-0.39, 0.29) is 24.4 Å². The van der Waals surface area contributed by atoms with E-state index in [0.29, 0.717) is 5.69 Å². The first-order valence-electron chi connectivity index (χ1n) is 7.44. The molecule has 1 amide bonds. The number of rotatable bonds is 2. The molecule has 1 aliphatic heterocycles. The standard InChI is InChI=1S/C17H18F2N2O2/c1-10-3-6-15(20(10)2)17(23)21-9-12(22)8-16(21)13-7-11(18)4-5-14(13)19/h3-7,12,16,22H,8-9H2,1-2H3. The van der Waals surface area contributed by atoms with Gasteiger partial charge in [0.1, 0.15) is 17.3 Å². The fraction of sp³-hybridized carbons (Fsp3) is 0.353. The van der Waals surface area contributed by atoms with E-state index >= 15 is 0 Å². The summed E-state index contributed by atoms with van der Waals surface area (Å²) in [5.74, 6) is -1.44. The van der Waals surface area contributed by atoms with E-state index in [1.165, 1.54) is 4.90 Å². The summed E-state index contributed by atoms with van der Waals surface area (Å²) < 4.78 is 29.3. The van der Waals surface area contributed by atoms with Gasteiger partial charge in [0.15, 0.2) is 0 Å². The molecule has 1 saturated heterocycles. The summed E-state index contributed by atoms with van der Waals surface area (Å²) in [6.45, 7) is 1.98.